The number of hydrogen-bond acceptors (Lipinski definition) is 2. The average Bonchev–Trinajstić information content (AvgIpc) is 2.76. The number of halogens is 1. The van der Waals surface area contributed by atoms with Crippen LogP contribution < -0.4 is 0 Å². The zero-order valence-electron chi connectivity index (χ0n) is 11.2. The predicted octanol–water partition coefficient (Wildman–Crippen LogP) is 4.93. The van der Waals surface area contributed by atoms with Crippen LogP contribution in [0.3, 0.4) is 0 Å². The van der Waals surface area contributed by atoms with E-state index in [-0.39, 0.29) is 5.78 Å². The van der Waals surface area contributed by atoms with Crippen molar-refractivity contribution in [2.45, 2.75) is 13.8 Å². The number of ketones is 1. The smallest absolute Gasteiger partial charge is 0.229 e. The fourth-order valence-electron chi connectivity index (χ4n) is 2.32. The van der Waals surface area contributed by atoms with Gasteiger partial charge in [-0.1, -0.05) is 35.4 Å². The predicted molar refractivity (Wildman–Crippen MR) is 80.6 cm³/mol. The summed E-state index contributed by atoms with van der Waals surface area (Å²) in [6.07, 6.45) is 0. The number of carbonyl (C=O) groups is 1. The molecule has 0 atom stereocenters. The number of rotatable bonds is 2. The number of hydrogen-bond donors (Lipinski definition) is 0. The van der Waals surface area contributed by atoms with Gasteiger partial charge in [0.05, 0.1) is 5.02 Å². The van der Waals surface area contributed by atoms with Crippen LogP contribution in [0.4, 0.5) is 0 Å². The van der Waals surface area contributed by atoms with Gasteiger partial charge in [0.25, 0.3) is 0 Å². The van der Waals surface area contributed by atoms with Gasteiger partial charge < -0.3 is 4.42 Å². The molecule has 0 fully saturated rings. The van der Waals surface area contributed by atoms with Gasteiger partial charge in [-0.15, -0.1) is 0 Å². The summed E-state index contributed by atoms with van der Waals surface area (Å²) in [4.78, 5) is 12.6. The van der Waals surface area contributed by atoms with E-state index in [1.807, 2.05) is 32.0 Å². The van der Waals surface area contributed by atoms with E-state index in [1.54, 1.807) is 24.3 Å². The second kappa shape index (κ2) is 4.80. The van der Waals surface area contributed by atoms with Crippen molar-refractivity contribution in [2.24, 2.45) is 0 Å². The third-order valence-electron chi connectivity index (χ3n) is 3.42. The topological polar surface area (TPSA) is 30.2 Å². The van der Waals surface area contributed by atoms with Crippen LogP contribution in [0.15, 0.2) is 46.9 Å². The molecule has 0 aliphatic rings. The molecule has 0 spiro atoms. The molecule has 0 unspecified atom stereocenters. The van der Waals surface area contributed by atoms with Crippen LogP contribution in [0.5, 0.6) is 0 Å². The van der Waals surface area contributed by atoms with E-state index in [0.29, 0.717) is 16.3 Å². The summed E-state index contributed by atoms with van der Waals surface area (Å²) >= 11 is 6.08. The highest BCUT2D eigenvalue weighted by molar-refractivity contribution is 6.35. The van der Waals surface area contributed by atoms with Crippen LogP contribution in [0.1, 0.15) is 27.2 Å². The minimum atomic E-state index is -0.179. The molecule has 2 nitrogen and oxygen atoms in total. The van der Waals surface area contributed by atoms with Crippen LogP contribution in [0, 0.1) is 13.8 Å². The van der Waals surface area contributed by atoms with Gasteiger partial charge in [-0.2, -0.15) is 0 Å². The summed E-state index contributed by atoms with van der Waals surface area (Å²) < 4.78 is 5.72. The molecule has 1 heterocycles. The minimum absolute atomic E-state index is 0.179. The Morgan fingerprint density at radius 2 is 1.85 bits per heavy atom. The minimum Gasteiger partial charge on any atom is -0.452 e. The van der Waals surface area contributed by atoms with Gasteiger partial charge in [-0.3, -0.25) is 4.79 Å². The molecule has 3 heteroatoms. The molecule has 0 N–H and O–H groups in total. The van der Waals surface area contributed by atoms with E-state index in [1.165, 1.54) is 0 Å². The maximum atomic E-state index is 12.6. The van der Waals surface area contributed by atoms with Gasteiger partial charge in [0.1, 0.15) is 5.58 Å². The standard InChI is InChI=1S/C17H13ClO2/c1-10-7-8-15-13(9-10)11(2)17(20-15)16(19)12-5-3-4-6-14(12)18/h3-9H,1-2H3. The van der Waals surface area contributed by atoms with Crippen molar-refractivity contribution in [2.75, 3.05) is 0 Å². The highest BCUT2D eigenvalue weighted by Gasteiger charge is 2.20. The number of benzene rings is 2. The van der Waals surface area contributed by atoms with Crippen LogP contribution in [-0.2, 0) is 0 Å². The lowest BCUT2D eigenvalue weighted by Crippen LogP contribution is -2.02. The number of carbonyl (C=O) groups excluding carboxylic acids is 1. The quantitative estimate of drug-likeness (QED) is 0.624. The lowest BCUT2D eigenvalue weighted by molar-refractivity contribution is 0.101. The molecule has 0 bridgehead atoms. The van der Waals surface area contributed by atoms with Crippen LogP contribution in [-0.4, -0.2) is 5.78 Å². The van der Waals surface area contributed by atoms with Gasteiger partial charge in [0, 0.05) is 16.5 Å². The van der Waals surface area contributed by atoms with E-state index < -0.39 is 0 Å². The first kappa shape index (κ1) is 12.9. The first-order valence-corrected chi connectivity index (χ1v) is 6.74. The summed E-state index contributed by atoms with van der Waals surface area (Å²) in [5.41, 5.74) is 3.18. The van der Waals surface area contributed by atoms with Crippen LogP contribution >= 0.6 is 11.6 Å². The Balaban J connectivity index is 2.18. The largest absolute Gasteiger partial charge is 0.452 e. The molecule has 3 aromatic rings. The summed E-state index contributed by atoms with van der Waals surface area (Å²) in [5.74, 6) is 0.181. The zero-order valence-corrected chi connectivity index (χ0v) is 12.0. The Morgan fingerprint density at radius 1 is 1.10 bits per heavy atom. The molecule has 0 saturated carbocycles. The zero-order chi connectivity index (χ0) is 14.3. The van der Waals surface area contributed by atoms with Crippen molar-refractivity contribution in [1.29, 1.82) is 0 Å². The lowest BCUT2D eigenvalue weighted by Gasteiger charge is -2.01. The Morgan fingerprint density at radius 3 is 2.60 bits per heavy atom. The van der Waals surface area contributed by atoms with Crippen molar-refractivity contribution >= 4 is 28.4 Å². The van der Waals surface area contributed by atoms with Gasteiger partial charge in [0.2, 0.25) is 5.78 Å². The summed E-state index contributed by atoms with van der Waals surface area (Å²) in [7, 11) is 0. The molecule has 2 aromatic carbocycles. The van der Waals surface area contributed by atoms with E-state index in [0.717, 1.165) is 22.1 Å². The number of furan rings is 1. The normalized spacial score (nSPS) is 10.9. The second-order valence-electron chi connectivity index (χ2n) is 4.86. The van der Waals surface area contributed by atoms with Gasteiger partial charge >= 0.3 is 0 Å². The van der Waals surface area contributed by atoms with E-state index in [2.05, 4.69) is 0 Å². The summed E-state index contributed by atoms with van der Waals surface area (Å²) in [5, 5.41) is 1.41. The molecular weight excluding hydrogens is 272 g/mol. The third kappa shape index (κ3) is 2.02. The summed E-state index contributed by atoms with van der Waals surface area (Å²) in [6, 6.07) is 12.9. The van der Waals surface area contributed by atoms with Crippen LogP contribution in [0.25, 0.3) is 11.0 Å². The highest BCUT2D eigenvalue weighted by Crippen LogP contribution is 2.29. The van der Waals surface area contributed by atoms with Gasteiger partial charge in [-0.05, 0) is 38.1 Å². The molecule has 20 heavy (non-hydrogen) atoms. The lowest BCUT2D eigenvalue weighted by atomic mass is 10.0. The Labute approximate surface area is 122 Å². The molecular formula is C17H13ClO2. The van der Waals surface area contributed by atoms with E-state index in [9.17, 15) is 4.79 Å². The maximum Gasteiger partial charge on any atom is 0.229 e. The summed E-state index contributed by atoms with van der Waals surface area (Å²) in [6.45, 7) is 3.91. The molecule has 0 amide bonds. The maximum absolute atomic E-state index is 12.6. The van der Waals surface area contributed by atoms with Gasteiger partial charge in [-0.25, -0.2) is 0 Å². The molecule has 0 aliphatic heterocycles. The fourth-order valence-corrected chi connectivity index (χ4v) is 2.54. The molecule has 0 saturated heterocycles. The molecule has 3 rings (SSSR count). The van der Waals surface area contributed by atoms with E-state index >= 15 is 0 Å². The fraction of sp³-hybridized carbons (Fsp3) is 0.118. The average molecular weight is 285 g/mol. The molecule has 1 aromatic heterocycles. The Bertz CT molecular complexity index is 815. The van der Waals surface area contributed by atoms with Gasteiger partial charge in [0.15, 0.2) is 5.76 Å². The molecule has 0 aliphatic carbocycles. The van der Waals surface area contributed by atoms with E-state index in [4.69, 9.17) is 16.0 Å². The molecule has 0 radical (unpaired) electrons. The Hall–Kier alpha value is -2.06. The van der Waals surface area contributed by atoms with Crippen LogP contribution in [0.2, 0.25) is 5.02 Å². The Kier molecular flexibility index (Phi) is 3.11. The number of fused-ring (bicyclic) bond motifs is 1. The van der Waals surface area contributed by atoms with Crippen molar-refractivity contribution in [3.8, 4) is 0 Å². The molecule has 100 valence electrons. The highest BCUT2D eigenvalue weighted by atomic mass is 35.5. The third-order valence-corrected chi connectivity index (χ3v) is 3.75. The van der Waals surface area contributed by atoms with Crippen molar-refractivity contribution < 1.29 is 9.21 Å². The van der Waals surface area contributed by atoms with Crippen molar-refractivity contribution in [1.82, 2.24) is 0 Å². The first-order chi connectivity index (χ1) is 9.58. The second-order valence-corrected chi connectivity index (χ2v) is 5.27. The first-order valence-electron chi connectivity index (χ1n) is 6.37. The van der Waals surface area contributed by atoms with Crippen molar-refractivity contribution in [3.63, 3.8) is 0 Å². The SMILES string of the molecule is Cc1ccc2oc(C(=O)c3ccccc3Cl)c(C)c2c1. The monoisotopic (exact) mass is 284 g/mol. The number of aryl methyl sites for hydroxylation is 2. The van der Waals surface area contributed by atoms with Crippen molar-refractivity contribution in [3.05, 3.63) is 69.9 Å².